The average Bonchev–Trinajstić information content (AvgIpc) is 2.16. The van der Waals surface area contributed by atoms with E-state index in [1.807, 2.05) is 19.9 Å². The molecule has 0 atom stereocenters. The number of halogens is 1. The van der Waals surface area contributed by atoms with E-state index >= 15 is 0 Å². The molecule has 1 heterocycles. The van der Waals surface area contributed by atoms with Crippen LogP contribution in [0.4, 0.5) is 0 Å². The van der Waals surface area contributed by atoms with Crippen molar-refractivity contribution < 1.29 is 4.42 Å². The standard InChI is InChI=1S/C11H9ClO2/c1-6-5-8-3-4-9(13)14-11(8)7(2)10(6)12/h3-5H,1-2H3. The largest absolute Gasteiger partial charge is 0.422 e. The molecule has 0 saturated heterocycles. The first-order valence-corrected chi connectivity index (χ1v) is 4.67. The zero-order valence-electron chi connectivity index (χ0n) is 7.93. The molecule has 2 aromatic rings. The molecule has 0 spiro atoms. The van der Waals surface area contributed by atoms with Crippen molar-refractivity contribution in [1.82, 2.24) is 0 Å². The normalized spacial score (nSPS) is 10.8. The Kier molecular flexibility index (Phi) is 2.08. The van der Waals surface area contributed by atoms with E-state index in [-0.39, 0.29) is 5.63 Å². The topological polar surface area (TPSA) is 30.2 Å². The molecule has 0 aliphatic rings. The molecule has 0 fully saturated rings. The highest BCUT2D eigenvalue weighted by molar-refractivity contribution is 6.33. The first-order chi connectivity index (χ1) is 6.59. The maximum atomic E-state index is 11.0. The number of benzene rings is 1. The summed E-state index contributed by atoms with van der Waals surface area (Å²) in [5, 5.41) is 1.57. The van der Waals surface area contributed by atoms with Crippen molar-refractivity contribution in [2.75, 3.05) is 0 Å². The Morgan fingerprint density at radius 1 is 1.29 bits per heavy atom. The Labute approximate surface area is 86.1 Å². The third kappa shape index (κ3) is 1.32. The van der Waals surface area contributed by atoms with E-state index in [1.54, 1.807) is 6.07 Å². The molecule has 2 rings (SSSR count). The highest BCUT2D eigenvalue weighted by Crippen LogP contribution is 2.27. The Bertz CT molecular complexity index is 555. The summed E-state index contributed by atoms with van der Waals surface area (Å²) in [5.41, 5.74) is 2.04. The lowest BCUT2D eigenvalue weighted by Crippen LogP contribution is -1.96. The Morgan fingerprint density at radius 3 is 2.71 bits per heavy atom. The van der Waals surface area contributed by atoms with Crippen LogP contribution in [0.5, 0.6) is 0 Å². The third-order valence-electron chi connectivity index (χ3n) is 2.25. The average molecular weight is 209 g/mol. The minimum atomic E-state index is -0.347. The SMILES string of the molecule is Cc1cc2ccc(=O)oc2c(C)c1Cl. The number of hydrogen-bond donors (Lipinski definition) is 0. The van der Waals surface area contributed by atoms with E-state index in [0.717, 1.165) is 16.5 Å². The molecular weight excluding hydrogens is 200 g/mol. The van der Waals surface area contributed by atoms with Gasteiger partial charge >= 0.3 is 5.63 Å². The first-order valence-electron chi connectivity index (χ1n) is 4.29. The molecule has 14 heavy (non-hydrogen) atoms. The zero-order chi connectivity index (χ0) is 10.3. The second-order valence-corrected chi connectivity index (χ2v) is 3.68. The van der Waals surface area contributed by atoms with Crippen molar-refractivity contribution in [3.8, 4) is 0 Å². The highest BCUT2D eigenvalue weighted by Gasteiger charge is 2.07. The predicted molar refractivity (Wildman–Crippen MR) is 57.0 cm³/mol. The second-order valence-electron chi connectivity index (χ2n) is 3.31. The molecule has 1 aromatic heterocycles. The lowest BCUT2D eigenvalue weighted by Gasteiger charge is -2.05. The molecule has 0 N–H and O–H groups in total. The maximum Gasteiger partial charge on any atom is 0.336 e. The fourth-order valence-electron chi connectivity index (χ4n) is 1.53. The second kappa shape index (κ2) is 3.14. The molecule has 1 aromatic carbocycles. The van der Waals surface area contributed by atoms with Gasteiger partial charge in [0.1, 0.15) is 5.58 Å². The van der Waals surface area contributed by atoms with Gasteiger partial charge in [-0.1, -0.05) is 11.6 Å². The van der Waals surface area contributed by atoms with Crippen LogP contribution in [0.3, 0.4) is 0 Å². The van der Waals surface area contributed by atoms with Crippen molar-refractivity contribution in [1.29, 1.82) is 0 Å². The van der Waals surface area contributed by atoms with Crippen LogP contribution < -0.4 is 5.63 Å². The van der Waals surface area contributed by atoms with Gasteiger partial charge in [0, 0.05) is 17.0 Å². The molecule has 0 aliphatic heterocycles. The molecule has 0 aliphatic carbocycles. The van der Waals surface area contributed by atoms with Gasteiger partial charge in [0.25, 0.3) is 0 Å². The van der Waals surface area contributed by atoms with Crippen LogP contribution in [0.25, 0.3) is 11.0 Å². The molecule has 0 unspecified atom stereocenters. The summed E-state index contributed by atoms with van der Waals surface area (Å²) in [6, 6.07) is 5.07. The van der Waals surface area contributed by atoms with Crippen LogP contribution in [0.2, 0.25) is 5.02 Å². The van der Waals surface area contributed by atoms with Gasteiger partial charge in [-0.2, -0.15) is 0 Å². The molecule has 72 valence electrons. The van der Waals surface area contributed by atoms with Gasteiger partial charge in [0.2, 0.25) is 0 Å². The number of rotatable bonds is 0. The number of hydrogen-bond acceptors (Lipinski definition) is 2. The zero-order valence-corrected chi connectivity index (χ0v) is 8.68. The summed E-state index contributed by atoms with van der Waals surface area (Å²) < 4.78 is 5.09. The van der Waals surface area contributed by atoms with Crippen molar-refractivity contribution in [2.45, 2.75) is 13.8 Å². The van der Waals surface area contributed by atoms with Crippen LogP contribution in [-0.4, -0.2) is 0 Å². The van der Waals surface area contributed by atoms with Crippen molar-refractivity contribution in [2.24, 2.45) is 0 Å². The first kappa shape index (κ1) is 9.28. The van der Waals surface area contributed by atoms with E-state index in [1.165, 1.54) is 6.07 Å². The van der Waals surface area contributed by atoms with Gasteiger partial charge in [-0.15, -0.1) is 0 Å². The monoisotopic (exact) mass is 208 g/mol. The Morgan fingerprint density at radius 2 is 2.00 bits per heavy atom. The van der Waals surface area contributed by atoms with E-state index in [0.29, 0.717) is 10.6 Å². The molecule has 0 radical (unpaired) electrons. The Hall–Kier alpha value is -1.28. The van der Waals surface area contributed by atoms with E-state index < -0.39 is 0 Å². The van der Waals surface area contributed by atoms with Crippen molar-refractivity contribution in [3.63, 3.8) is 0 Å². The lowest BCUT2D eigenvalue weighted by molar-refractivity contribution is 0.558. The molecule has 0 saturated carbocycles. The van der Waals surface area contributed by atoms with Gasteiger partial charge in [0.05, 0.1) is 5.02 Å². The maximum absolute atomic E-state index is 11.0. The molecular formula is C11H9ClO2. The minimum absolute atomic E-state index is 0.347. The molecule has 0 bridgehead atoms. The van der Waals surface area contributed by atoms with Gasteiger partial charge < -0.3 is 4.42 Å². The summed E-state index contributed by atoms with van der Waals surface area (Å²) in [6.07, 6.45) is 0. The predicted octanol–water partition coefficient (Wildman–Crippen LogP) is 3.06. The minimum Gasteiger partial charge on any atom is -0.422 e. The van der Waals surface area contributed by atoms with Crippen molar-refractivity contribution in [3.05, 3.63) is 44.8 Å². The highest BCUT2D eigenvalue weighted by atomic mass is 35.5. The van der Waals surface area contributed by atoms with Gasteiger partial charge in [-0.05, 0) is 31.5 Å². The molecule has 2 nitrogen and oxygen atoms in total. The lowest BCUT2D eigenvalue weighted by atomic mass is 10.1. The quantitative estimate of drug-likeness (QED) is 0.623. The van der Waals surface area contributed by atoms with E-state index in [4.69, 9.17) is 16.0 Å². The van der Waals surface area contributed by atoms with E-state index in [2.05, 4.69) is 0 Å². The fourth-order valence-corrected chi connectivity index (χ4v) is 1.67. The van der Waals surface area contributed by atoms with Gasteiger partial charge in [-0.25, -0.2) is 4.79 Å². The van der Waals surface area contributed by atoms with Crippen LogP contribution in [0, 0.1) is 13.8 Å². The molecule has 3 heteroatoms. The summed E-state index contributed by atoms with van der Waals surface area (Å²) >= 11 is 6.05. The van der Waals surface area contributed by atoms with Crippen LogP contribution in [0.1, 0.15) is 11.1 Å². The fraction of sp³-hybridized carbons (Fsp3) is 0.182. The smallest absolute Gasteiger partial charge is 0.336 e. The van der Waals surface area contributed by atoms with Gasteiger partial charge in [0.15, 0.2) is 0 Å². The van der Waals surface area contributed by atoms with Crippen LogP contribution in [0.15, 0.2) is 27.4 Å². The summed E-state index contributed by atoms with van der Waals surface area (Å²) in [6.45, 7) is 3.78. The van der Waals surface area contributed by atoms with E-state index in [9.17, 15) is 4.79 Å². The van der Waals surface area contributed by atoms with Gasteiger partial charge in [-0.3, -0.25) is 0 Å². The van der Waals surface area contributed by atoms with Crippen LogP contribution in [-0.2, 0) is 0 Å². The number of aryl methyl sites for hydroxylation is 2. The summed E-state index contributed by atoms with van der Waals surface area (Å²) in [4.78, 5) is 11.0. The summed E-state index contributed by atoms with van der Waals surface area (Å²) in [5.74, 6) is 0. The summed E-state index contributed by atoms with van der Waals surface area (Å²) in [7, 11) is 0. The number of fused-ring (bicyclic) bond motifs is 1. The van der Waals surface area contributed by atoms with Crippen molar-refractivity contribution >= 4 is 22.6 Å². The van der Waals surface area contributed by atoms with Crippen LogP contribution >= 0.6 is 11.6 Å². The third-order valence-corrected chi connectivity index (χ3v) is 2.83. The molecule has 0 amide bonds. The Balaban J connectivity index is 2.99.